The normalized spacial score (nSPS) is 15.0. The first kappa shape index (κ1) is 23.8. The van der Waals surface area contributed by atoms with Crippen molar-refractivity contribution in [2.75, 3.05) is 39.3 Å². The van der Waals surface area contributed by atoms with Gasteiger partial charge < -0.3 is 14.4 Å². The first-order chi connectivity index (χ1) is 15.2. The molecule has 0 saturated carbocycles. The molecule has 1 heterocycles. The van der Waals surface area contributed by atoms with Gasteiger partial charge in [-0.2, -0.15) is 0 Å². The third-order valence-electron chi connectivity index (χ3n) is 5.07. The molecule has 5 nitrogen and oxygen atoms in total. The second kappa shape index (κ2) is 10.6. The van der Waals surface area contributed by atoms with E-state index >= 15 is 0 Å². The van der Waals surface area contributed by atoms with Crippen LogP contribution < -0.4 is 9.47 Å². The summed E-state index contributed by atoms with van der Waals surface area (Å²) >= 11 is 0. The van der Waals surface area contributed by atoms with Crippen LogP contribution in [0.25, 0.3) is 0 Å². The highest BCUT2D eigenvalue weighted by Crippen LogP contribution is 2.23. The maximum atomic E-state index is 13.6. The van der Waals surface area contributed by atoms with Crippen LogP contribution in [0.3, 0.4) is 0 Å². The summed E-state index contributed by atoms with van der Waals surface area (Å²) in [4.78, 5) is 16.3. The molecule has 0 N–H and O–H groups in total. The van der Waals surface area contributed by atoms with Crippen molar-refractivity contribution >= 4 is 5.91 Å². The van der Waals surface area contributed by atoms with Crippen molar-refractivity contribution < 1.29 is 36.2 Å². The van der Waals surface area contributed by atoms with Crippen molar-refractivity contribution in [3.63, 3.8) is 0 Å². The van der Waals surface area contributed by atoms with Gasteiger partial charge in [0.15, 0.2) is 11.6 Å². The summed E-state index contributed by atoms with van der Waals surface area (Å²) < 4.78 is 72.2. The minimum Gasteiger partial charge on any atom is -0.489 e. The number of ether oxygens (including phenoxy) is 2. The molecule has 2 aromatic carbocycles. The number of alkyl halides is 3. The molecule has 3 rings (SSSR count). The summed E-state index contributed by atoms with van der Waals surface area (Å²) in [5.41, 5.74) is 0.747. The van der Waals surface area contributed by atoms with Crippen molar-refractivity contribution in [2.45, 2.75) is 19.2 Å². The molecule has 2 aromatic rings. The van der Waals surface area contributed by atoms with Crippen LogP contribution in [0.5, 0.6) is 11.5 Å². The number of hydrogen-bond donors (Lipinski definition) is 0. The summed E-state index contributed by atoms with van der Waals surface area (Å²) in [5, 5.41) is 0. The Morgan fingerprint density at radius 1 is 0.969 bits per heavy atom. The molecule has 0 spiro atoms. The number of nitrogens with zero attached hydrogens (tertiary/aromatic N) is 2. The van der Waals surface area contributed by atoms with Gasteiger partial charge in [-0.3, -0.25) is 9.69 Å². The number of aryl methyl sites for hydroxylation is 1. The third kappa shape index (κ3) is 7.37. The molecule has 0 aromatic heterocycles. The van der Waals surface area contributed by atoms with Crippen LogP contribution in [0.4, 0.5) is 22.0 Å². The van der Waals surface area contributed by atoms with Crippen LogP contribution in [0.1, 0.15) is 12.0 Å². The molecule has 0 atom stereocenters. The molecule has 1 fully saturated rings. The molecular weight excluding hydrogens is 435 g/mol. The van der Waals surface area contributed by atoms with Gasteiger partial charge in [0.1, 0.15) is 18.2 Å². The molecule has 1 saturated heterocycles. The molecule has 174 valence electrons. The minimum atomic E-state index is -4.73. The molecule has 1 amide bonds. The molecule has 1 aliphatic heterocycles. The van der Waals surface area contributed by atoms with Gasteiger partial charge in [-0.15, -0.1) is 13.2 Å². The molecule has 0 aliphatic carbocycles. The minimum absolute atomic E-state index is 0.00165. The van der Waals surface area contributed by atoms with Crippen LogP contribution >= 0.6 is 0 Å². The fourth-order valence-electron chi connectivity index (χ4n) is 3.37. The lowest BCUT2D eigenvalue weighted by Gasteiger charge is -2.34. The van der Waals surface area contributed by atoms with Crippen LogP contribution in [0.2, 0.25) is 0 Å². The number of carbonyl (C=O) groups is 1. The summed E-state index contributed by atoms with van der Waals surface area (Å²) in [6.07, 6.45) is -4.06. The summed E-state index contributed by atoms with van der Waals surface area (Å²) in [7, 11) is 0. The van der Waals surface area contributed by atoms with E-state index in [-0.39, 0.29) is 30.4 Å². The Labute approximate surface area is 182 Å². The van der Waals surface area contributed by atoms with Crippen LogP contribution in [0.15, 0.2) is 42.5 Å². The van der Waals surface area contributed by atoms with E-state index in [0.717, 1.165) is 17.7 Å². The Hall–Kier alpha value is -2.88. The van der Waals surface area contributed by atoms with E-state index in [1.54, 1.807) is 4.90 Å². The van der Waals surface area contributed by atoms with Crippen LogP contribution in [-0.4, -0.2) is 61.4 Å². The number of halogens is 5. The zero-order valence-electron chi connectivity index (χ0n) is 17.2. The Morgan fingerprint density at radius 2 is 1.66 bits per heavy atom. The van der Waals surface area contributed by atoms with Crippen molar-refractivity contribution in [3.05, 3.63) is 59.7 Å². The zero-order valence-corrected chi connectivity index (χ0v) is 17.2. The summed E-state index contributed by atoms with van der Waals surface area (Å²) in [6, 6.07) is 8.63. The quantitative estimate of drug-likeness (QED) is 0.561. The molecule has 0 bridgehead atoms. The van der Waals surface area contributed by atoms with Crippen LogP contribution in [0, 0.1) is 11.6 Å². The van der Waals surface area contributed by atoms with Crippen molar-refractivity contribution in [1.29, 1.82) is 0 Å². The van der Waals surface area contributed by atoms with Gasteiger partial charge in [-0.25, -0.2) is 8.78 Å². The largest absolute Gasteiger partial charge is 0.573 e. The highest BCUT2D eigenvalue weighted by atomic mass is 19.4. The molecule has 0 radical (unpaired) electrons. The zero-order chi connectivity index (χ0) is 23.1. The average molecular weight is 458 g/mol. The van der Waals surface area contributed by atoms with Gasteiger partial charge in [0.25, 0.3) is 0 Å². The maximum absolute atomic E-state index is 13.6. The number of rotatable bonds is 8. The number of hydrogen-bond acceptors (Lipinski definition) is 4. The van der Waals surface area contributed by atoms with E-state index < -0.39 is 18.0 Å². The van der Waals surface area contributed by atoms with E-state index in [1.165, 1.54) is 30.3 Å². The van der Waals surface area contributed by atoms with E-state index in [0.29, 0.717) is 39.1 Å². The van der Waals surface area contributed by atoms with E-state index in [4.69, 9.17) is 4.74 Å². The third-order valence-corrected chi connectivity index (χ3v) is 5.07. The van der Waals surface area contributed by atoms with Crippen LogP contribution in [-0.2, 0) is 11.2 Å². The second-order valence-corrected chi connectivity index (χ2v) is 7.34. The van der Waals surface area contributed by atoms with E-state index in [9.17, 15) is 26.7 Å². The first-order valence-electron chi connectivity index (χ1n) is 10.1. The SMILES string of the molecule is O=C(CCc1ccc(OC(F)(F)F)cc1)N1CCN(CCOc2ccc(F)cc2F)CC1. The monoisotopic (exact) mass is 458 g/mol. The number of carbonyl (C=O) groups excluding carboxylic acids is 1. The second-order valence-electron chi connectivity index (χ2n) is 7.34. The maximum Gasteiger partial charge on any atom is 0.573 e. The summed E-state index contributed by atoms with van der Waals surface area (Å²) in [5.74, 6) is -1.73. The van der Waals surface area contributed by atoms with Crippen molar-refractivity contribution in [2.24, 2.45) is 0 Å². The van der Waals surface area contributed by atoms with E-state index in [2.05, 4.69) is 9.64 Å². The predicted octanol–water partition coefficient (Wildman–Crippen LogP) is 4.02. The molecule has 0 unspecified atom stereocenters. The van der Waals surface area contributed by atoms with Gasteiger partial charge in [-0.1, -0.05) is 12.1 Å². The molecule has 32 heavy (non-hydrogen) atoms. The van der Waals surface area contributed by atoms with Gasteiger partial charge >= 0.3 is 6.36 Å². The predicted molar refractivity (Wildman–Crippen MR) is 106 cm³/mol. The highest BCUT2D eigenvalue weighted by molar-refractivity contribution is 5.76. The van der Waals surface area contributed by atoms with Gasteiger partial charge in [-0.05, 0) is 36.2 Å². The average Bonchev–Trinajstić information content (AvgIpc) is 2.74. The Balaban J connectivity index is 1.35. The lowest BCUT2D eigenvalue weighted by molar-refractivity contribution is -0.274. The lowest BCUT2D eigenvalue weighted by atomic mass is 10.1. The number of benzene rings is 2. The van der Waals surface area contributed by atoms with Gasteiger partial charge in [0.05, 0.1) is 0 Å². The summed E-state index contributed by atoms with van der Waals surface area (Å²) in [6.45, 7) is 3.16. The highest BCUT2D eigenvalue weighted by Gasteiger charge is 2.31. The van der Waals surface area contributed by atoms with Gasteiger partial charge in [0, 0.05) is 45.2 Å². The van der Waals surface area contributed by atoms with E-state index in [1.807, 2.05) is 0 Å². The standard InChI is InChI=1S/C22H23F5N2O3/c23-17-4-7-20(19(24)15-17)31-14-13-28-9-11-29(12-10-28)21(30)8-3-16-1-5-18(6-2-16)32-22(25,26)27/h1-2,4-7,15H,3,8-14H2. The Bertz CT molecular complexity index is 897. The Kier molecular flexibility index (Phi) is 7.89. The van der Waals surface area contributed by atoms with Crippen molar-refractivity contribution in [3.8, 4) is 11.5 Å². The Morgan fingerprint density at radius 3 is 2.28 bits per heavy atom. The smallest absolute Gasteiger partial charge is 0.489 e. The topological polar surface area (TPSA) is 42.0 Å². The molecule has 1 aliphatic rings. The number of piperazine rings is 1. The molecule has 10 heteroatoms. The van der Waals surface area contributed by atoms with Crippen molar-refractivity contribution in [1.82, 2.24) is 9.80 Å². The first-order valence-corrected chi connectivity index (χ1v) is 10.1. The lowest BCUT2D eigenvalue weighted by Crippen LogP contribution is -2.49. The van der Waals surface area contributed by atoms with Gasteiger partial charge in [0.2, 0.25) is 5.91 Å². The fraction of sp³-hybridized carbons (Fsp3) is 0.409. The number of amides is 1. The fourth-order valence-corrected chi connectivity index (χ4v) is 3.37. The molecular formula is C22H23F5N2O3.